The van der Waals surface area contributed by atoms with Crippen LogP contribution in [0.4, 0.5) is 10.1 Å². The van der Waals surface area contributed by atoms with Crippen molar-refractivity contribution in [3.05, 3.63) is 63.1 Å². The number of oxime groups is 1. The minimum atomic E-state index is -0.516. The van der Waals surface area contributed by atoms with Crippen LogP contribution in [0.15, 0.2) is 34.2 Å². The van der Waals surface area contributed by atoms with Crippen LogP contribution in [0, 0.1) is 37.0 Å². The van der Waals surface area contributed by atoms with Crippen LogP contribution in [-0.4, -0.2) is 38.9 Å². The molecule has 4 rings (SSSR count). The highest BCUT2D eigenvalue weighted by atomic mass is 19.1. The Labute approximate surface area is 222 Å². The molecule has 0 N–H and O–H groups in total. The summed E-state index contributed by atoms with van der Waals surface area (Å²) in [7, 11) is 3.73. The van der Waals surface area contributed by atoms with E-state index < -0.39 is 11.5 Å². The third kappa shape index (κ3) is 5.40. The van der Waals surface area contributed by atoms with Gasteiger partial charge in [-0.15, -0.1) is 0 Å². The molecule has 200 valence electrons. The van der Waals surface area contributed by atoms with Gasteiger partial charge in [-0.05, 0) is 84.6 Å². The van der Waals surface area contributed by atoms with E-state index in [2.05, 4.69) is 26.1 Å². The molecule has 1 aliphatic rings. The van der Waals surface area contributed by atoms with Crippen molar-refractivity contribution in [3.63, 3.8) is 0 Å². The van der Waals surface area contributed by atoms with Gasteiger partial charge in [0.15, 0.2) is 0 Å². The Morgan fingerprint density at radius 3 is 2.45 bits per heavy atom. The molecule has 0 aromatic carbocycles. The van der Waals surface area contributed by atoms with Gasteiger partial charge in [-0.1, -0.05) is 5.16 Å². The molecular weight excluding hydrogens is 483 g/mol. The maximum absolute atomic E-state index is 13.7. The Bertz CT molecular complexity index is 1490. The van der Waals surface area contributed by atoms with E-state index in [1.165, 1.54) is 6.07 Å². The Kier molecular flexibility index (Phi) is 7.54. The van der Waals surface area contributed by atoms with Gasteiger partial charge in [0.25, 0.3) is 5.56 Å². The fraction of sp³-hybridized carbons (Fsp3) is 0.483. The first-order valence-electron chi connectivity index (χ1n) is 12.9. The van der Waals surface area contributed by atoms with Crippen LogP contribution >= 0.6 is 0 Å². The Balaban J connectivity index is 1.64. The van der Waals surface area contributed by atoms with Crippen LogP contribution in [0.3, 0.4) is 0 Å². The fourth-order valence-corrected chi connectivity index (χ4v) is 5.28. The molecule has 1 fully saturated rings. The first-order chi connectivity index (χ1) is 17.9. The van der Waals surface area contributed by atoms with Crippen molar-refractivity contribution in [3.8, 4) is 6.07 Å². The van der Waals surface area contributed by atoms with Crippen molar-refractivity contribution in [2.24, 2.45) is 18.1 Å². The number of nitriles is 1. The molecule has 38 heavy (non-hydrogen) atoms. The molecule has 0 radical (unpaired) electrons. The summed E-state index contributed by atoms with van der Waals surface area (Å²) in [6.07, 6.45) is 3.41. The molecule has 0 amide bonds. The summed E-state index contributed by atoms with van der Waals surface area (Å²) >= 11 is 0. The molecule has 0 unspecified atom stereocenters. The van der Waals surface area contributed by atoms with Crippen molar-refractivity contribution < 1.29 is 9.23 Å². The number of anilines is 1. The molecule has 0 spiro atoms. The fourth-order valence-electron chi connectivity index (χ4n) is 5.28. The second-order valence-electron chi connectivity index (χ2n) is 11.1. The summed E-state index contributed by atoms with van der Waals surface area (Å²) in [5.74, 6) is -0.393. The van der Waals surface area contributed by atoms with Gasteiger partial charge in [0.1, 0.15) is 22.9 Å². The van der Waals surface area contributed by atoms with E-state index in [1.54, 1.807) is 36.7 Å². The predicted octanol–water partition coefficient (Wildman–Crippen LogP) is 5.17. The minimum Gasteiger partial charge on any atom is -0.390 e. The highest BCUT2D eigenvalue weighted by molar-refractivity contribution is 6.02. The Morgan fingerprint density at radius 1 is 1.16 bits per heavy atom. The average molecular weight is 519 g/mol. The molecule has 0 bridgehead atoms. The zero-order valence-electron chi connectivity index (χ0n) is 23.2. The standard InChI is InChI=1S/C29H35FN6O2/c1-17-27(26-23(36(7)28(17)37)14-10-20(16-31)33-26)35(6)21-11-8-19(9-12-21)25(34-38-29(3,4)5)22-13-15-24(30)32-18(22)2/h10,13-15,19,21H,8-9,11-12H2,1-7H3/b34-25-. The number of hydrogen-bond donors (Lipinski definition) is 0. The number of pyridine rings is 3. The quantitative estimate of drug-likeness (QED) is 0.263. The molecular formula is C29H35FN6O2. The SMILES string of the molecule is Cc1nc(F)ccc1/C(=N\OC(C)(C)C)C1CCC(N(C)c2c(C)c(=O)n(C)c3ccc(C#N)nc23)CC1. The van der Waals surface area contributed by atoms with Crippen LogP contribution in [0.5, 0.6) is 0 Å². The second-order valence-corrected chi connectivity index (χ2v) is 11.1. The number of hydrogen-bond acceptors (Lipinski definition) is 7. The maximum atomic E-state index is 13.7. The van der Waals surface area contributed by atoms with Gasteiger partial charge in [-0.3, -0.25) is 4.79 Å². The summed E-state index contributed by atoms with van der Waals surface area (Å²) < 4.78 is 15.3. The molecule has 1 aliphatic carbocycles. The van der Waals surface area contributed by atoms with Gasteiger partial charge < -0.3 is 14.3 Å². The predicted molar refractivity (Wildman–Crippen MR) is 147 cm³/mol. The van der Waals surface area contributed by atoms with Crippen LogP contribution in [0.1, 0.15) is 69.0 Å². The smallest absolute Gasteiger partial charge is 0.255 e. The van der Waals surface area contributed by atoms with Gasteiger partial charge in [-0.25, -0.2) is 9.97 Å². The molecule has 3 aromatic rings. The summed E-state index contributed by atoms with van der Waals surface area (Å²) in [6.45, 7) is 9.44. The first kappa shape index (κ1) is 27.2. The lowest BCUT2D eigenvalue weighted by Gasteiger charge is -2.37. The normalized spacial score (nSPS) is 18.3. The van der Waals surface area contributed by atoms with E-state index in [9.17, 15) is 14.4 Å². The molecule has 3 aromatic heterocycles. The lowest BCUT2D eigenvalue weighted by atomic mass is 9.80. The summed E-state index contributed by atoms with van der Waals surface area (Å²) in [5.41, 5.74) is 4.69. The number of aryl methyl sites for hydroxylation is 2. The topological polar surface area (TPSA) is 96.4 Å². The zero-order chi connectivity index (χ0) is 27.8. The maximum Gasteiger partial charge on any atom is 0.255 e. The van der Waals surface area contributed by atoms with Gasteiger partial charge in [0, 0.05) is 42.9 Å². The van der Waals surface area contributed by atoms with Gasteiger partial charge in [0.05, 0.1) is 16.9 Å². The van der Waals surface area contributed by atoms with Gasteiger partial charge in [-0.2, -0.15) is 9.65 Å². The highest BCUT2D eigenvalue weighted by Gasteiger charge is 2.31. The van der Waals surface area contributed by atoms with E-state index in [0.717, 1.165) is 42.6 Å². The Morgan fingerprint density at radius 2 is 1.84 bits per heavy atom. The molecule has 0 saturated heterocycles. The Hall–Kier alpha value is -3.80. The number of halogens is 1. The van der Waals surface area contributed by atoms with E-state index >= 15 is 0 Å². The van der Waals surface area contributed by atoms with Gasteiger partial charge in [0.2, 0.25) is 5.95 Å². The van der Waals surface area contributed by atoms with E-state index in [4.69, 9.17) is 4.84 Å². The van der Waals surface area contributed by atoms with E-state index in [0.29, 0.717) is 28.0 Å². The lowest BCUT2D eigenvalue weighted by molar-refractivity contribution is -0.0000445. The van der Waals surface area contributed by atoms with Crippen LogP contribution in [0.25, 0.3) is 11.0 Å². The second kappa shape index (κ2) is 10.5. The number of aromatic nitrogens is 3. The van der Waals surface area contributed by atoms with Crippen molar-refractivity contribution in [1.82, 2.24) is 14.5 Å². The molecule has 3 heterocycles. The van der Waals surface area contributed by atoms with Crippen molar-refractivity contribution >= 4 is 22.4 Å². The van der Waals surface area contributed by atoms with Gasteiger partial charge >= 0.3 is 0 Å². The first-order valence-corrected chi connectivity index (χ1v) is 12.9. The summed E-state index contributed by atoms with van der Waals surface area (Å²) in [5, 5.41) is 14.0. The third-order valence-corrected chi connectivity index (χ3v) is 7.28. The number of fused-ring (bicyclic) bond motifs is 1. The van der Waals surface area contributed by atoms with Crippen molar-refractivity contribution in [1.29, 1.82) is 5.26 Å². The van der Waals surface area contributed by atoms with Crippen molar-refractivity contribution in [2.45, 2.75) is 71.9 Å². The lowest BCUT2D eigenvalue weighted by Crippen LogP contribution is -2.39. The van der Waals surface area contributed by atoms with Crippen LogP contribution < -0.4 is 10.5 Å². The van der Waals surface area contributed by atoms with E-state index in [-0.39, 0.29) is 17.5 Å². The monoisotopic (exact) mass is 518 g/mol. The molecule has 0 atom stereocenters. The average Bonchev–Trinajstić information content (AvgIpc) is 2.88. The summed E-state index contributed by atoms with van der Waals surface area (Å²) in [6, 6.07) is 8.80. The minimum absolute atomic E-state index is 0.0763. The van der Waals surface area contributed by atoms with Crippen molar-refractivity contribution in [2.75, 3.05) is 11.9 Å². The molecule has 8 nitrogen and oxygen atoms in total. The van der Waals surface area contributed by atoms with Crippen LogP contribution in [-0.2, 0) is 11.9 Å². The van der Waals surface area contributed by atoms with E-state index in [1.807, 2.05) is 34.7 Å². The summed E-state index contributed by atoms with van der Waals surface area (Å²) in [4.78, 5) is 29.6. The molecule has 9 heteroatoms. The number of rotatable bonds is 5. The molecule has 0 aliphatic heterocycles. The largest absolute Gasteiger partial charge is 0.390 e. The number of nitrogens with zero attached hydrogens (tertiary/aromatic N) is 6. The van der Waals surface area contributed by atoms with Crippen LogP contribution in [0.2, 0.25) is 0 Å². The highest BCUT2D eigenvalue weighted by Crippen LogP contribution is 2.35. The molecule has 1 saturated carbocycles. The zero-order valence-corrected chi connectivity index (χ0v) is 23.2. The third-order valence-electron chi connectivity index (χ3n) is 7.28.